The fraction of sp³-hybridized carbons (Fsp3) is 1.00. The van der Waals surface area contributed by atoms with Crippen LogP contribution in [0.2, 0.25) is 0 Å². The minimum atomic E-state index is 1.04. The van der Waals surface area contributed by atoms with Gasteiger partial charge < -0.3 is 0 Å². The molecule has 0 bridgehead atoms. The second-order valence-electron chi connectivity index (χ2n) is 3.64. The van der Waals surface area contributed by atoms with Gasteiger partial charge in [0.2, 0.25) is 0 Å². The Balaban J connectivity index is 1.83. The second kappa shape index (κ2) is 4.21. The Kier molecular flexibility index (Phi) is 2.98. The number of hydrogen-bond donors (Lipinski definition) is 0. The lowest BCUT2D eigenvalue weighted by Gasteiger charge is -2.29. The maximum absolute atomic E-state index is 4.42. The average Bonchev–Trinajstić information content (AvgIpc) is 2.48. The van der Waals surface area contributed by atoms with Crippen LogP contribution in [0, 0.1) is 0 Å². The summed E-state index contributed by atoms with van der Waals surface area (Å²) in [6.45, 7) is 7.05. The van der Waals surface area contributed by atoms with Gasteiger partial charge in [0.1, 0.15) is 0 Å². The first-order chi connectivity index (χ1) is 5.97. The van der Waals surface area contributed by atoms with Crippen LogP contribution in [0.3, 0.4) is 0 Å². The Labute approximate surface area is 74.7 Å². The van der Waals surface area contributed by atoms with Crippen LogP contribution in [-0.4, -0.2) is 49.3 Å². The van der Waals surface area contributed by atoms with Crippen molar-refractivity contribution in [1.29, 1.82) is 0 Å². The summed E-state index contributed by atoms with van der Waals surface area (Å²) >= 11 is 0. The molecule has 0 aliphatic carbocycles. The Morgan fingerprint density at radius 2 is 1.33 bits per heavy atom. The monoisotopic (exact) mass is 168 g/mol. The third-order valence-corrected chi connectivity index (χ3v) is 2.73. The van der Waals surface area contributed by atoms with Gasteiger partial charge in [-0.3, -0.25) is 0 Å². The predicted molar refractivity (Wildman–Crippen MR) is 48.9 cm³/mol. The molecule has 2 fully saturated rings. The van der Waals surface area contributed by atoms with E-state index in [1.165, 1.54) is 38.9 Å². The van der Waals surface area contributed by atoms with E-state index < -0.39 is 0 Å². The molecule has 2 heterocycles. The maximum Gasteiger partial charge on any atom is 0.0275 e. The molecule has 0 spiro atoms. The second-order valence-corrected chi connectivity index (χ2v) is 3.64. The van der Waals surface area contributed by atoms with Gasteiger partial charge in [-0.05, 0) is 19.3 Å². The van der Waals surface area contributed by atoms with Gasteiger partial charge in [-0.15, -0.1) is 0 Å². The van der Waals surface area contributed by atoms with Gasteiger partial charge >= 0.3 is 0 Å². The van der Waals surface area contributed by atoms with Crippen molar-refractivity contribution in [2.45, 2.75) is 19.3 Å². The smallest absolute Gasteiger partial charge is 0.0275 e. The molecular formula is C9H18N3. The van der Waals surface area contributed by atoms with Gasteiger partial charge in [0.25, 0.3) is 0 Å². The zero-order chi connectivity index (χ0) is 8.23. The van der Waals surface area contributed by atoms with Gasteiger partial charge in [-0.25, -0.2) is 15.3 Å². The zero-order valence-corrected chi connectivity index (χ0v) is 7.71. The summed E-state index contributed by atoms with van der Waals surface area (Å²) in [5.41, 5.74) is 0. The van der Waals surface area contributed by atoms with E-state index in [4.69, 9.17) is 0 Å². The summed E-state index contributed by atoms with van der Waals surface area (Å²) in [5, 5.41) is 9.44. The number of rotatable bonds is 1. The van der Waals surface area contributed by atoms with Crippen molar-refractivity contribution < 1.29 is 0 Å². The molecule has 12 heavy (non-hydrogen) atoms. The summed E-state index contributed by atoms with van der Waals surface area (Å²) in [5.74, 6) is 0. The molecule has 0 aromatic carbocycles. The van der Waals surface area contributed by atoms with Crippen LogP contribution < -0.4 is 5.32 Å². The molecule has 0 amide bonds. The Hall–Kier alpha value is -0.120. The third-order valence-electron chi connectivity index (χ3n) is 2.73. The summed E-state index contributed by atoms with van der Waals surface area (Å²) in [7, 11) is 0. The fourth-order valence-corrected chi connectivity index (χ4v) is 2.04. The molecule has 69 valence electrons. The lowest BCUT2D eigenvalue weighted by Crippen LogP contribution is -2.42. The van der Waals surface area contributed by atoms with E-state index in [2.05, 4.69) is 15.3 Å². The van der Waals surface area contributed by atoms with Crippen LogP contribution >= 0.6 is 0 Å². The lowest BCUT2D eigenvalue weighted by molar-refractivity contribution is 0.00329. The first-order valence-electron chi connectivity index (χ1n) is 5.10. The Morgan fingerprint density at radius 3 is 2.17 bits per heavy atom. The van der Waals surface area contributed by atoms with Crippen molar-refractivity contribution in [3.05, 3.63) is 0 Å². The van der Waals surface area contributed by atoms with E-state index >= 15 is 0 Å². The fourth-order valence-electron chi connectivity index (χ4n) is 2.04. The summed E-state index contributed by atoms with van der Waals surface area (Å²) in [6, 6.07) is 0. The highest BCUT2D eigenvalue weighted by Gasteiger charge is 2.19. The van der Waals surface area contributed by atoms with E-state index in [1.807, 2.05) is 0 Å². The van der Waals surface area contributed by atoms with Gasteiger partial charge in [0, 0.05) is 39.3 Å². The van der Waals surface area contributed by atoms with Crippen molar-refractivity contribution in [2.24, 2.45) is 0 Å². The molecule has 3 nitrogen and oxygen atoms in total. The summed E-state index contributed by atoms with van der Waals surface area (Å²) < 4.78 is 0. The molecule has 0 atom stereocenters. The van der Waals surface area contributed by atoms with E-state index in [9.17, 15) is 0 Å². The molecule has 2 aliphatic heterocycles. The van der Waals surface area contributed by atoms with Crippen molar-refractivity contribution in [2.75, 3.05) is 39.3 Å². The SMILES string of the molecule is C1CCN(N2CCC[N]CC2)C1. The topological polar surface area (TPSA) is 20.6 Å². The van der Waals surface area contributed by atoms with Crippen molar-refractivity contribution >= 4 is 0 Å². The van der Waals surface area contributed by atoms with E-state index in [0.29, 0.717) is 0 Å². The highest BCUT2D eigenvalue weighted by molar-refractivity contribution is 4.69. The van der Waals surface area contributed by atoms with Crippen LogP contribution in [0.4, 0.5) is 0 Å². The Bertz CT molecular complexity index is 124. The van der Waals surface area contributed by atoms with Gasteiger partial charge in [0.05, 0.1) is 0 Å². The first-order valence-corrected chi connectivity index (χ1v) is 5.10. The van der Waals surface area contributed by atoms with Crippen molar-refractivity contribution in [1.82, 2.24) is 15.3 Å². The summed E-state index contributed by atoms with van der Waals surface area (Å²) in [6.07, 6.45) is 4.01. The standard InChI is InChI=1S/C9H18N3/c1-2-7-11(6-1)12-8-3-4-10-5-9-12/h1-9H2. The Morgan fingerprint density at radius 1 is 0.667 bits per heavy atom. The van der Waals surface area contributed by atoms with E-state index in [0.717, 1.165) is 19.6 Å². The molecule has 3 heteroatoms. The normalized spacial score (nSPS) is 29.0. The molecule has 1 radical (unpaired) electrons. The van der Waals surface area contributed by atoms with Crippen molar-refractivity contribution in [3.8, 4) is 0 Å². The molecule has 0 N–H and O–H groups in total. The van der Waals surface area contributed by atoms with Crippen LogP contribution in [-0.2, 0) is 0 Å². The minimum Gasteiger partial charge on any atom is -0.242 e. The van der Waals surface area contributed by atoms with Crippen LogP contribution in [0.25, 0.3) is 0 Å². The molecule has 0 aromatic heterocycles. The molecule has 2 aliphatic rings. The number of hydrogen-bond acceptors (Lipinski definition) is 2. The molecule has 0 saturated carbocycles. The zero-order valence-electron chi connectivity index (χ0n) is 7.71. The van der Waals surface area contributed by atoms with Gasteiger partial charge in [-0.2, -0.15) is 0 Å². The third kappa shape index (κ3) is 1.97. The number of hydrazine groups is 1. The first kappa shape index (κ1) is 8.48. The summed E-state index contributed by atoms with van der Waals surface area (Å²) in [4.78, 5) is 0. The number of nitrogens with zero attached hydrogens (tertiary/aromatic N) is 3. The van der Waals surface area contributed by atoms with Crippen LogP contribution in [0.1, 0.15) is 19.3 Å². The largest absolute Gasteiger partial charge is 0.242 e. The van der Waals surface area contributed by atoms with Gasteiger partial charge in [-0.1, -0.05) is 0 Å². The molecule has 2 rings (SSSR count). The molecule has 2 saturated heterocycles. The average molecular weight is 168 g/mol. The van der Waals surface area contributed by atoms with Crippen molar-refractivity contribution in [3.63, 3.8) is 0 Å². The quantitative estimate of drug-likeness (QED) is 0.561. The molecule has 0 aromatic rings. The van der Waals surface area contributed by atoms with Crippen LogP contribution in [0.5, 0.6) is 0 Å². The predicted octanol–water partition coefficient (Wildman–Crippen LogP) is 0.307. The molecule has 0 unspecified atom stereocenters. The maximum atomic E-state index is 4.42. The minimum absolute atomic E-state index is 1.04. The lowest BCUT2D eigenvalue weighted by atomic mass is 10.4. The highest BCUT2D eigenvalue weighted by Crippen LogP contribution is 2.11. The van der Waals surface area contributed by atoms with E-state index in [-0.39, 0.29) is 0 Å². The van der Waals surface area contributed by atoms with Crippen LogP contribution in [0.15, 0.2) is 0 Å². The highest BCUT2D eigenvalue weighted by atomic mass is 15.6. The molecular weight excluding hydrogens is 150 g/mol. The van der Waals surface area contributed by atoms with E-state index in [1.54, 1.807) is 0 Å². The van der Waals surface area contributed by atoms with Gasteiger partial charge in [0.15, 0.2) is 0 Å².